The maximum atomic E-state index is 13.3. The predicted octanol–water partition coefficient (Wildman–Crippen LogP) is 8.63. The summed E-state index contributed by atoms with van der Waals surface area (Å²) in [4.78, 5) is 13.3. The van der Waals surface area contributed by atoms with Gasteiger partial charge in [-0.15, -0.1) is 0 Å². The fourth-order valence-corrected chi connectivity index (χ4v) is 4.90. The Morgan fingerprint density at radius 3 is 1.45 bits per heavy atom. The lowest BCUT2D eigenvalue weighted by molar-refractivity contribution is -0.149. The van der Waals surface area contributed by atoms with Crippen molar-refractivity contribution in [1.82, 2.24) is 0 Å². The van der Waals surface area contributed by atoms with E-state index in [0.29, 0.717) is 24.4 Å². The normalized spacial score (nSPS) is 16.8. The second-order valence-electron chi connectivity index (χ2n) is 9.29. The average Bonchev–Trinajstić information content (AvgIpc) is 2.73. The van der Waals surface area contributed by atoms with Gasteiger partial charge in [0, 0.05) is 0 Å². The van der Waals surface area contributed by atoms with E-state index >= 15 is 0 Å². The van der Waals surface area contributed by atoms with Crippen LogP contribution in [0.2, 0.25) is 0 Å². The summed E-state index contributed by atoms with van der Waals surface area (Å²) < 4.78 is 5.31. The summed E-state index contributed by atoms with van der Waals surface area (Å²) in [5, 5.41) is 0. The molecule has 0 radical (unpaired) electrons. The van der Waals surface area contributed by atoms with Gasteiger partial charge in [0.25, 0.3) is 0 Å². The van der Waals surface area contributed by atoms with Gasteiger partial charge in [-0.1, -0.05) is 112 Å². The van der Waals surface area contributed by atoms with Gasteiger partial charge in [0.15, 0.2) is 0 Å². The van der Waals surface area contributed by atoms with Crippen LogP contribution in [0.3, 0.4) is 0 Å². The highest BCUT2D eigenvalue weighted by atomic mass is 32.1. The monoisotopic (exact) mass is 428 g/mol. The third kappa shape index (κ3) is 12.3. The molecule has 3 atom stereocenters. The summed E-state index contributed by atoms with van der Waals surface area (Å²) in [7, 11) is 0. The molecule has 0 aliphatic heterocycles. The van der Waals surface area contributed by atoms with Crippen LogP contribution >= 0.6 is 12.6 Å². The highest BCUT2D eigenvalue weighted by Gasteiger charge is 2.40. The standard InChI is InChI=1S/C26H52O2S/c1-7-13-16-22(10-4)19-26(29,20-23(11-5)17-14-8-2)25(27)28-21-24(12-6)18-15-9-3/h22-24,29H,7-21H2,1-6H3. The van der Waals surface area contributed by atoms with Crippen LogP contribution in [0.5, 0.6) is 0 Å². The number of rotatable bonds is 19. The Bertz CT molecular complexity index is 378. The predicted molar refractivity (Wildman–Crippen MR) is 132 cm³/mol. The minimum Gasteiger partial charge on any atom is -0.464 e. The maximum Gasteiger partial charge on any atom is 0.321 e. The van der Waals surface area contributed by atoms with Crippen LogP contribution in [0.15, 0.2) is 0 Å². The molecule has 0 aliphatic rings. The smallest absolute Gasteiger partial charge is 0.321 e. The molecule has 0 bridgehead atoms. The lowest BCUT2D eigenvalue weighted by Crippen LogP contribution is -2.39. The molecule has 2 nitrogen and oxygen atoms in total. The van der Waals surface area contributed by atoms with Crippen molar-refractivity contribution in [1.29, 1.82) is 0 Å². The van der Waals surface area contributed by atoms with Crippen LogP contribution in [0, 0.1) is 17.8 Å². The molecule has 0 saturated heterocycles. The molecular formula is C26H52O2S. The highest BCUT2D eigenvalue weighted by Crippen LogP contribution is 2.38. The molecule has 0 N–H and O–H groups in total. The molecule has 29 heavy (non-hydrogen) atoms. The minimum atomic E-state index is -0.633. The zero-order valence-electron chi connectivity index (χ0n) is 20.6. The summed E-state index contributed by atoms with van der Waals surface area (Å²) in [6.45, 7) is 14.0. The van der Waals surface area contributed by atoms with E-state index in [-0.39, 0.29) is 5.97 Å². The van der Waals surface area contributed by atoms with Crippen LogP contribution in [-0.4, -0.2) is 17.3 Å². The lowest BCUT2D eigenvalue weighted by Gasteiger charge is -2.34. The Balaban J connectivity index is 5.22. The second kappa shape index (κ2) is 17.5. The van der Waals surface area contributed by atoms with Crippen LogP contribution in [0.25, 0.3) is 0 Å². The van der Waals surface area contributed by atoms with Gasteiger partial charge in [0.2, 0.25) is 0 Å². The van der Waals surface area contributed by atoms with E-state index in [9.17, 15) is 4.79 Å². The molecule has 0 aromatic rings. The summed E-state index contributed by atoms with van der Waals surface area (Å²) in [6.07, 6.45) is 15.9. The number of thiol groups is 1. The van der Waals surface area contributed by atoms with Gasteiger partial charge in [0.05, 0.1) is 6.61 Å². The van der Waals surface area contributed by atoms with Gasteiger partial charge in [-0.3, -0.25) is 4.79 Å². The van der Waals surface area contributed by atoms with Crippen LogP contribution in [0.1, 0.15) is 131 Å². The average molecular weight is 429 g/mol. The largest absolute Gasteiger partial charge is 0.464 e. The number of ether oxygens (including phenoxy) is 1. The molecule has 0 heterocycles. The van der Waals surface area contributed by atoms with Crippen molar-refractivity contribution in [3.05, 3.63) is 0 Å². The quantitative estimate of drug-likeness (QED) is 0.164. The molecule has 0 fully saturated rings. The molecule has 0 spiro atoms. The van der Waals surface area contributed by atoms with Crippen molar-refractivity contribution in [2.75, 3.05) is 6.61 Å². The van der Waals surface area contributed by atoms with E-state index in [1.165, 1.54) is 51.4 Å². The van der Waals surface area contributed by atoms with Gasteiger partial charge in [0.1, 0.15) is 4.75 Å². The van der Waals surface area contributed by atoms with Crippen molar-refractivity contribution in [3.8, 4) is 0 Å². The van der Waals surface area contributed by atoms with Gasteiger partial charge in [-0.2, -0.15) is 12.6 Å². The summed E-state index contributed by atoms with van der Waals surface area (Å²) >= 11 is 5.07. The second-order valence-corrected chi connectivity index (χ2v) is 10.1. The van der Waals surface area contributed by atoms with E-state index in [2.05, 4.69) is 41.5 Å². The molecule has 0 rings (SSSR count). The Labute approximate surface area is 188 Å². The van der Waals surface area contributed by atoms with E-state index in [1.807, 2.05) is 0 Å². The Kier molecular flexibility index (Phi) is 17.4. The van der Waals surface area contributed by atoms with E-state index in [0.717, 1.165) is 38.5 Å². The van der Waals surface area contributed by atoms with Crippen molar-refractivity contribution in [2.45, 2.75) is 136 Å². The Hall–Kier alpha value is -0.180. The summed E-state index contributed by atoms with van der Waals surface area (Å²) in [6, 6.07) is 0. The fourth-order valence-electron chi connectivity index (χ4n) is 4.32. The molecule has 174 valence electrons. The first-order chi connectivity index (χ1) is 13.9. The first-order valence-electron chi connectivity index (χ1n) is 12.8. The zero-order chi connectivity index (χ0) is 22.1. The molecule has 0 aromatic carbocycles. The van der Waals surface area contributed by atoms with Gasteiger partial charge in [-0.25, -0.2) is 0 Å². The molecule has 0 saturated carbocycles. The number of hydrogen-bond acceptors (Lipinski definition) is 3. The van der Waals surface area contributed by atoms with E-state index in [4.69, 9.17) is 17.4 Å². The molecule has 3 unspecified atom stereocenters. The molecule has 0 aliphatic carbocycles. The molecular weight excluding hydrogens is 376 g/mol. The highest BCUT2D eigenvalue weighted by molar-refractivity contribution is 7.82. The van der Waals surface area contributed by atoms with Crippen molar-refractivity contribution >= 4 is 18.6 Å². The molecule has 0 aromatic heterocycles. The number of carbonyl (C=O) groups is 1. The fraction of sp³-hybridized carbons (Fsp3) is 0.962. The topological polar surface area (TPSA) is 26.3 Å². The Morgan fingerprint density at radius 2 is 1.10 bits per heavy atom. The van der Waals surface area contributed by atoms with Gasteiger partial charge >= 0.3 is 5.97 Å². The zero-order valence-corrected chi connectivity index (χ0v) is 21.5. The van der Waals surface area contributed by atoms with Crippen molar-refractivity contribution < 1.29 is 9.53 Å². The van der Waals surface area contributed by atoms with E-state index in [1.54, 1.807) is 0 Å². The summed E-state index contributed by atoms with van der Waals surface area (Å²) in [5.41, 5.74) is 0. The lowest BCUT2D eigenvalue weighted by atomic mass is 9.81. The van der Waals surface area contributed by atoms with Crippen molar-refractivity contribution in [3.63, 3.8) is 0 Å². The third-order valence-electron chi connectivity index (χ3n) is 6.71. The van der Waals surface area contributed by atoms with Crippen LogP contribution in [0.4, 0.5) is 0 Å². The van der Waals surface area contributed by atoms with Gasteiger partial charge in [-0.05, 0) is 37.0 Å². The molecule has 0 amide bonds. The number of carbonyl (C=O) groups excluding carboxylic acids is 1. The first kappa shape index (κ1) is 28.8. The number of unbranched alkanes of at least 4 members (excludes halogenated alkanes) is 3. The van der Waals surface area contributed by atoms with Gasteiger partial charge < -0.3 is 4.74 Å². The Morgan fingerprint density at radius 1 is 0.724 bits per heavy atom. The van der Waals surface area contributed by atoms with Crippen molar-refractivity contribution in [2.24, 2.45) is 17.8 Å². The third-order valence-corrected chi connectivity index (χ3v) is 7.26. The minimum absolute atomic E-state index is 0.0549. The summed E-state index contributed by atoms with van der Waals surface area (Å²) in [5.74, 6) is 1.55. The number of esters is 1. The van der Waals surface area contributed by atoms with Crippen LogP contribution in [-0.2, 0) is 9.53 Å². The first-order valence-corrected chi connectivity index (χ1v) is 13.2. The SMILES string of the molecule is CCCCC(CC)COC(=O)C(S)(CC(CC)CCCC)CC(CC)CCCC. The van der Waals surface area contributed by atoms with E-state index < -0.39 is 4.75 Å². The maximum absolute atomic E-state index is 13.3. The molecule has 3 heteroatoms. The van der Waals surface area contributed by atoms with Crippen LogP contribution < -0.4 is 0 Å². The number of hydrogen-bond donors (Lipinski definition) is 1.